The summed E-state index contributed by atoms with van der Waals surface area (Å²) in [6.45, 7) is 12.8. The summed E-state index contributed by atoms with van der Waals surface area (Å²) in [7, 11) is -0.776. The Bertz CT molecular complexity index is 875. The number of amides is 1. The Hall–Kier alpha value is -2.19. The maximum Gasteiger partial charge on any atom is 0.337 e. The highest BCUT2D eigenvalue weighted by atomic mass is 28.4. The Morgan fingerprint density at radius 3 is 2.50 bits per heavy atom. The molecule has 2 aliphatic rings. The molecule has 0 aliphatic carbocycles. The van der Waals surface area contributed by atoms with Crippen LogP contribution in [0, 0.1) is 11.8 Å². The summed E-state index contributed by atoms with van der Waals surface area (Å²) in [5.41, 5.74) is 0.629. The van der Waals surface area contributed by atoms with Crippen molar-refractivity contribution >= 4 is 26.0 Å². The van der Waals surface area contributed by atoms with Crippen LogP contribution in [0.15, 0.2) is 18.2 Å². The summed E-state index contributed by atoms with van der Waals surface area (Å²) in [5.74, 6) is -1.26. The molecule has 4 atom stereocenters. The van der Waals surface area contributed by atoms with E-state index in [1.54, 1.807) is 12.1 Å². The molecule has 0 spiro atoms. The topological polar surface area (TPSA) is 90.9 Å². The van der Waals surface area contributed by atoms with Gasteiger partial charge in [0.05, 0.1) is 42.2 Å². The maximum absolute atomic E-state index is 13.2. The van der Waals surface area contributed by atoms with E-state index in [1.165, 1.54) is 13.2 Å². The number of Topliss-reactive ketones (excluding diaryl/α,β-unsaturated/α-hetero) is 1. The first-order chi connectivity index (χ1) is 13.9. The molecule has 0 bridgehead atoms. The first-order valence-corrected chi connectivity index (χ1v) is 13.2. The number of nitrogens with one attached hydrogen (secondary N) is 1. The van der Waals surface area contributed by atoms with Gasteiger partial charge in [-0.2, -0.15) is 0 Å². The Balaban J connectivity index is 1.80. The fraction of sp³-hybridized carbons (Fsp3) is 0.591. The molecule has 2 heterocycles. The lowest BCUT2D eigenvalue weighted by Gasteiger charge is -2.47. The van der Waals surface area contributed by atoms with Crippen molar-refractivity contribution in [2.75, 3.05) is 13.7 Å². The molecule has 0 saturated carbocycles. The van der Waals surface area contributed by atoms with Crippen molar-refractivity contribution in [2.45, 2.75) is 58.0 Å². The fourth-order valence-corrected chi connectivity index (χ4v) is 5.23. The third-order valence-corrected chi connectivity index (χ3v) is 11.2. The number of esters is 1. The summed E-state index contributed by atoms with van der Waals surface area (Å²) < 4.78 is 17.0. The van der Waals surface area contributed by atoms with Crippen LogP contribution in [0.25, 0.3) is 0 Å². The lowest BCUT2D eigenvalue weighted by Crippen LogP contribution is -2.68. The molecule has 0 radical (unpaired) electrons. The summed E-state index contributed by atoms with van der Waals surface area (Å²) in [5, 5.41) is 2.90. The number of hydrogen-bond donors (Lipinski definition) is 1. The Morgan fingerprint density at radius 2 is 1.93 bits per heavy atom. The first-order valence-electron chi connectivity index (χ1n) is 10.2. The highest BCUT2D eigenvalue weighted by Gasteiger charge is 2.52. The molecular weight excluding hydrogens is 402 g/mol. The largest absolute Gasteiger partial charge is 0.492 e. The van der Waals surface area contributed by atoms with Gasteiger partial charge in [0, 0.05) is 0 Å². The van der Waals surface area contributed by atoms with Crippen LogP contribution in [0.5, 0.6) is 5.75 Å². The number of hydrogen-bond acceptors (Lipinski definition) is 6. The standard InChI is InChI=1S/C22H31NO6Si/c1-12(29-30(6,7)22(2,3)4)17-18(23-20(17)25)15-11-28-16-9-8-13(21(26)27-5)10-14(16)19(15)24/h8-10,12,15,17-18H,11H2,1-7H3,(H,23,25)/t12-,15+,17-,18-/m1/s1. The normalized spacial score (nSPS) is 24.8. The minimum Gasteiger partial charge on any atom is -0.492 e. The fourth-order valence-electron chi connectivity index (χ4n) is 3.80. The van der Waals surface area contributed by atoms with E-state index in [9.17, 15) is 14.4 Å². The number of ketones is 1. The molecule has 30 heavy (non-hydrogen) atoms. The maximum atomic E-state index is 13.2. The second kappa shape index (κ2) is 7.81. The lowest BCUT2D eigenvalue weighted by atomic mass is 9.75. The predicted molar refractivity (Wildman–Crippen MR) is 114 cm³/mol. The van der Waals surface area contributed by atoms with Gasteiger partial charge in [-0.1, -0.05) is 20.8 Å². The van der Waals surface area contributed by atoms with Crippen molar-refractivity contribution in [3.63, 3.8) is 0 Å². The molecule has 1 amide bonds. The van der Waals surface area contributed by atoms with Gasteiger partial charge in [0.25, 0.3) is 0 Å². The van der Waals surface area contributed by atoms with Gasteiger partial charge < -0.3 is 19.2 Å². The number of fused-ring (bicyclic) bond motifs is 1. The number of carbonyl (C=O) groups is 3. The van der Waals surface area contributed by atoms with Gasteiger partial charge in [-0.3, -0.25) is 9.59 Å². The Labute approximate surface area is 178 Å². The third-order valence-electron chi connectivity index (χ3n) is 6.65. The van der Waals surface area contributed by atoms with Crippen LogP contribution in [0.4, 0.5) is 0 Å². The van der Waals surface area contributed by atoms with Crippen molar-refractivity contribution in [2.24, 2.45) is 11.8 Å². The first kappa shape index (κ1) is 22.5. The average molecular weight is 434 g/mol. The van der Waals surface area contributed by atoms with E-state index < -0.39 is 26.1 Å². The van der Waals surface area contributed by atoms with E-state index in [1.807, 2.05) is 6.92 Å². The molecule has 1 aromatic carbocycles. The molecule has 7 nitrogen and oxygen atoms in total. The van der Waals surface area contributed by atoms with Gasteiger partial charge in [-0.25, -0.2) is 4.79 Å². The van der Waals surface area contributed by atoms with E-state index >= 15 is 0 Å². The highest BCUT2D eigenvalue weighted by Crippen LogP contribution is 2.40. The van der Waals surface area contributed by atoms with Crippen molar-refractivity contribution in [1.82, 2.24) is 5.32 Å². The van der Waals surface area contributed by atoms with Crippen LogP contribution >= 0.6 is 0 Å². The minimum atomic E-state index is -2.07. The van der Waals surface area contributed by atoms with Crippen molar-refractivity contribution in [3.05, 3.63) is 29.3 Å². The van der Waals surface area contributed by atoms with Gasteiger partial charge in [0.15, 0.2) is 14.1 Å². The number of β-lactam (4-membered cyclic amide) rings is 1. The van der Waals surface area contributed by atoms with E-state index in [-0.39, 0.29) is 41.0 Å². The zero-order valence-electron chi connectivity index (χ0n) is 18.7. The van der Waals surface area contributed by atoms with E-state index in [0.29, 0.717) is 11.3 Å². The molecule has 1 aromatic rings. The van der Waals surface area contributed by atoms with Crippen molar-refractivity contribution in [1.29, 1.82) is 0 Å². The number of methoxy groups -OCH3 is 1. The number of carbonyl (C=O) groups excluding carboxylic acids is 3. The number of rotatable bonds is 5. The summed E-state index contributed by atoms with van der Waals surface area (Å²) in [4.78, 5) is 37.5. The summed E-state index contributed by atoms with van der Waals surface area (Å²) >= 11 is 0. The molecule has 2 aliphatic heterocycles. The molecule has 8 heteroatoms. The average Bonchev–Trinajstić information content (AvgIpc) is 2.64. The van der Waals surface area contributed by atoms with Crippen LogP contribution in [0.2, 0.25) is 18.1 Å². The van der Waals surface area contributed by atoms with Gasteiger partial charge in [-0.15, -0.1) is 0 Å². The zero-order chi connectivity index (χ0) is 22.4. The molecule has 0 aromatic heterocycles. The zero-order valence-corrected chi connectivity index (χ0v) is 19.7. The Kier molecular flexibility index (Phi) is 5.86. The van der Waals surface area contributed by atoms with E-state index in [0.717, 1.165) is 0 Å². The smallest absolute Gasteiger partial charge is 0.337 e. The van der Waals surface area contributed by atoms with Crippen molar-refractivity contribution in [3.8, 4) is 5.75 Å². The quantitative estimate of drug-likeness (QED) is 0.436. The second-order valence-electron chi connectivity index (χ2n) is 9.63. The Morgan fingerprint density at radius 1 is 1.27 bits per heavy atom. The monoisotopic (exact) mass is 433 g/mol. The molecular formula is C22H31NO6Si. The minimum absolute atomic E-state index is 0.0178. The van der Waals surface area contributed by atoms with Crippen LogP contribution < -0.4 is 10.1 Å². The van der Waals surface area contributed by atoms with E-state index in [4.69, 9.17) is 13.9 Å². The van der Waals surface area contributed by atoms with Gasteiger partial charge in [0.2, 0.25) is 5.91 Å². The lowest BCUT2D eigenvalue weighted by molar-refractivity contribution is -0.141. The molecule has 1 N–H and O–H groups in total. The van der Waals surface area contributed by atoms with Crippen LogP contribution in [0.3, 0.4) is 0 Å². The van der Waals surface area contributed by atoms with Gasteiger partial charge in [0.1, 0.15) is 12.4 Å². The van der Waals surface area contributed by atoms with E-state index in [2.05, 4.69) is 39.2 Å². The van der Waals surface area contributed by atoms with Crippen LogP contribution in [-0.4, -0.2) is 51.8 Å². The van der Waals surface area contributed by atoms with Crippen LogP contribution in [-0.2, 0) is 14.0 Å². The number of benzene rings is 1. The second-order valence-corrected chi connectivity index (χ2v) is 14.4. The third kappa shape index (κ3) is 3.90. The van der Waals surface area contributed by atoms with Crippen LogP contribution in [0.1, 0.15) is 48.4 Å². The number of ether oxygens (including phenoxy) is 2. The SMILES string of the molecule is COC(=O)c1ccc2c(c1)C(=O)[C@H]([C@H]1NC(=O)[C@@H]1[C@@H](C)O[Si](C)(C)C(C)(C)C)CO2. The molecule has 1 fully saturated rings. The van der Waals surface area contributed by atoms with Gasteiger partial charge in [-0.05, 0) is 43.3 Å². The molecule has 0 unspecified atom stereocenters. The summed E-state index contributed by atoms with van der Waals surface area (Å²) in [6.07, 6.45) is -0.305. The molecule has 1 saturated heterocycles. The molecule has 164 valence electrons. The molecule has 3 rings (SSSR count). The predicted octanol–water partition coefficient (Wildman–Crippen LogP) is 3.19. The van der Waals surface area contributed by atoms with Gasteiger partial charge >= 0.3 is 5.97 Å². The van der Waals surface area contributed by atoms with Crippen molar-refractivity contribution < 1.29 is 28.3 Å². The summed E-state index contributed by atoms with van der Waals surface area (Å²) in [6, 6.07) is 4.32. The highest BCUT2D eigenvalue weighted by molar-refractivity contribution is 6.74.